The Morgan fingerprint density at radius 3 is 2.62 bits per heavy atom. The van der Waals surface area contributed by atoms with Gasteiger partial charge in [-0.25, -0.2) is 9.78 Å². The summed E-state index contributed by atoms with van der Waals surface area (Å²) >= 11 is 8.35. The fraction of sp³-hybridized carbons (Fsp3) is 0.250. The zero-order valence-electron chi connectivity index (χ0n) is 11.8. The Kier molecular flexibility index (Phi) is 5.58. The van der Waals surface area contributed by atoms with E-state index in [0.29, 0.717) is 29.4 Å². The van der Waals surface area contributed by atoms with Crippen LogP contribution in [0.2, 0.25) is 5.15 Å². The van der Waals surface area contributed by atoms with Gasteiger partial charge in [-0.2, -0.15) is 0 Å². The normalized spacial score (nSPS) is 10.5. The highest BCUT2D eigenvalue weighted by atomic mass is 127. The van der Waals surface area contributed by atoms with Crippen molar-refractivity contribution in [2.24, 2.45) is 0 Å². The van der Waals surface area contributed by atoms with Crippen molar-refractivity contribution in [3.05, 3.63) is 61.4 Å². The van der Waals surface area contributed by atoms with Crippen LogP contribution in [0.3, 0.4) is 0 Å². The number of hydrogen-bond donors (Lipinski definition) is 0. The first-order chi connectivity index (χ1) is 10.0. The van der Waals surface area contributed by atoms with Gasteiger partial charge in [-0.05, 0) is 65.8 Å². The van der Waals surface area contributed by atoms with Crippen molar-refractivity contribution in [1.29, 1.82) is 0 Å². The molecule has 0 unspecified atom stereocenters. The molecule has 5 heteroatoms. The topological polar surface area (TPSA) is 39.2 Å². The summed E-state index contributed by atoms with van der Waals surface area (Å²) in [6.07, 6.45) is 0.547. The lowest BCUT2D eigenvalue weighted by atomic mass is 10.0. The average Bonchev–Trinajstić information content (AvgIpc) is 2.45. The standard InChI is InChI=1S/C16H15ClINO2/c1-3-21-16(20)13-8-10(2)15(17)19-14(13)9-11-4-6-12(18)7-5-11/h4-8H,3,9H2,1-2H3. The van der Waals surface area contributed by atoms with Gasteiger partial charge in [0.1, 0.15) is 5.15 Å². The molecule has 0 amide bonds. The number of rotatable bonds is 4. The Bertz CT molecular complexity index is 656. The van der Waals surface area contributed by atoms with E-state index in [0.717, 1.165) is 14.7 Å². The van der Waals surface area contributed by atoms with E-state index in [1.54, 1.807) is 13.0 Å². The highest BCUT2D eigenvalue weighted by Crippen LogP contribution is 2.21. The van der Waals surface area contributed by atoms with Crippen molar-refractivity contribution in [2.45, 2.75) is 20.3 Å². The number of pyridine rings is 1. The Balaban J connectivity index is 2.38. The first kappa shape index (κ1) is 16.2. The number of aryl methyl sites for hydroxylation is 1. The minimum atomic E-state index is -0.356. The molecule has 0 spiro atoms. The molecule has 1 aromatic heterocycles. The monoisotopic (exact) mass is 415 g/mol. The quantitative estimate of drug-likeness (QED) is 0.422. The highest BCUT2D eigenvalue weighted by molar-refractivity contribution is 14.1. The fourth-order valence-corrected chi connectivity index (χ4v) is 2.46. The Morgan fingerprint density at radius 1 is 1.33 bits per heavy atom. The molecule has 0 bridgehead atoms. The van der Waals surface area contributed by atoms with Crippen molar-refractivity contribution < 1.29 is 9.53 Å². The number of nitrogens with zero attached hydrogens (tertiary/aromatic N) is 1. The summed E-state index contributed by atoms with van der Waals surface area (Å²) in [4.78, 5) is 16.4. The van der Waals surface area contributed by atoms with E-state index < -0.39 is 0 Å². The molecule has 2 rings (SSSR count). The predicted molar refractivity (Wildman–Crippen MR) is 91.9 cm³/mol. The molecule has 0 saturated carbocycles. The van der Waals surface area contributed by atoms with Gasteiger partial charge in [-0.15, -0.1) is 0 Å². The summed E-state index contributed by atoms with van der Waals surface area (Å²) in [6, 6.07) is 9.83. The van der Waals surface area contributed by atoms with Gasteiger partial charge in [0.25, 0.3) is 0 Å². The number of halogens is 2. The number of ether oxygens (including phenoxy) is 1. The molecule has 1 aromatic carbocycles. The second-order valence-corrected chi connectivity index (χ2v) is 6.22. The van der Waals surface area contributed by atoms with E-state index in [1.807, 2.05) is 31.2 Å². The van der Waals surface area contributed by atoms with Gasteiger partial charge in [-0.3, -0.25) is 0 Å². The number of esters is 1. The van der Waals surface area contributed by atoms with Gasteiger partial charge < -0.3 is 4.74 Å². The third-order valence-corrected chi connectivity index (χ3v) is 4.11. The van der Waals surface area contributed by atoms with Gasteiger partial charge in [0, 0.05) is 9.99 Å². The summed E-state index contributed by atoms with van der Waals surface area (Å²) in [7, 11) is 0. The molecule has 3 nitrogen and oxygen atoms in total. The van der Waals surface area contributed by atoms with Crippen LogP contribution in [0.1, 0.15) is 34.1 Å². The maximum absolute atomic E-state index is 12.1. The van der Waals surface area contributed by atoms with Crippen LogP contribution < -0.4 is 0 Å². The zero-order chi connectivity index (χ0) is 15.4. The lowest BCUT2D eigenvalue weighted by Crippen LogP contribution is -2.11. The molecule has 0 radical (unpaired) electrons. The number of hydrogen-bond acceptors (Lipinski definition) is 3. The van der Waals surface area contributed by atoms with Crippen LogP contribution in [-0.4, -0.2) is 17.6 Å². The average molecular weight is 416 g/mol. The van der Waals surface area contributed by atoms with Crippen molar-refractivity contribution in [3.8, 4) is 0 Å². The van der Waals surface area contributed by atoms with Gasteiger partial charge in [0.05, 0.1) is 17.9 Å². The van der Waals surface area contributed by atoms with Gasteiger partial charge in [0.2, 0.25) is 0 Å². The molecule has 0 fully saturated rings. The van der Waals surface area contributed by atoms with Crippen LogP contribution in [0.5, 0.6) is 0 Å². The third-order valence-electron chi connectivity index (χ3n) is 3.01. The molecule has 0 aliphatic carbocycles. The molecule has 0 atom stereocenters. The Morgan fingerprint density at radius 2 is 2.00 bits per heavy atom. The summed E-state index contributed by atoms with van der Waals surface area (Å²) in [5.41, 5.74) is 2.97. The first-order valence-electron chi connectivity index (χ1n) is 6.59. The summed E-state index contributed by atoms with van der Waals surface area (Å²) in [5, 5.41) is 0.420. The van der Waals surface area contributed by atoms with E-state index in [1.165, 1.54) is 0 Å². The zero-order valence-corrected chi connectivity index (χ0v) is 14.7. The minimum absolute atomic E-state index is 0.337. The molecule has 0 saturated heterocycles. The van der Waals surface area contributed by atoms with Crippen molar-refractivity contribution >= 4 is 40.2 Å². The molecule has 0 aliphatic rings. The maximum atomic E-state index is 12.1. The molecular formula is C16H15ClINO2. The smallest absolute Gasteiger partial charge is 0.340 e. The molecular weight excluding hydrogens is 401 g/mol. The van der Waals surface area contributed by atoms with Gasteiger partial charge >= 0.3 is 5.97 Å². The first-order valence-corrected chi connectivity index (χ1v) is 8.04. The van der Waals surface area contributed by atoms with Crippen LogP contribution in [0, 0.1) is 10.5 Å². The Labute approximate surface area is 142 Å². The van der Waals surface area contributed by atoms with E-state index in [2.05, 4.69) is 27.6 Å². The largest absolute Gasteiger partial charge is 0.462 e. The summed E-state index contributed by atoms with van der Waals surface area (Å²) in [5.74, 6) is -0.356. The molecule has 110 valence electrons. The number of aromatic nitrogens is 1. The number of carbonyl (C=O) groups excluding carboxylic acids is 1. The van der Waals surface area contributed by atoms with Gasteiger partial charge in [-0.1, -0.05) is 23.7 Å². The third kappa shape index (κ3) is 4.17. The van der Waals surface area contributed by atoms with Crippen LogP contribution in [0.15, 0.2) is 30.3 Å². The van der Waals surface area contributed by atoms with Crippen molar-refractivity contribution in [2.75, 3.05) is 6.61 Å². The van der Waals surface area contributed by atoms with E-state index in [4.69, 9.17) is 16.3 Å². The SMILES string of the molecule is CCOC(=O)c1cc(C)c(Cl)nc1Cc1ccc(I)cc1. The van der Waals surface area contributed by atoms with Crippen LogP contribution in [0.25, 0.3) is 0 Å². The van der Waals surface area contributed by atoms with Crippen LogP contribution >= 0.6 is 34.2 Å². The van der Waals surface area contributed by atoms with E-state index in [9.17, 15) is 4.79 Å². The molecule has 0 aliphatic heterocycles. The summed E-state index contributed by atoms with van der Waals surface area (Å²) < 4.78 is 6.26. The highest BCUT2D eigenvalue weighted by Gasteiger charge is 2.16. The maximum Gasteiger partial charge on any atom is 0.340 e. The van der Waals surface area contributed by atoms with E-state index >= 15 is 0 Å². The van der Waals surface area contributed by atoms with Crippen molar-refractivity contribution in [1.82, 2.24) is 4.98 Å². The van der Waals surface area contributed by atoms with E-state index in [-0.39, 0.29) is 5.97 Å². The number of carbonyl (C=O) groups is 1. The predicted octanol–water partition coefficient (Wildman–Crippen LogP) is 4.42. The minimum Gasteiger partial charge on any atom is -0.462 e. The fourth-order valence-electron chi connectivity index (χ4n) is 1.94. The van der Waals surface area contributed by atoms with Gasteiger partial charge in [0.15, 0.2) is 0 Å². The lowest BCUT2D eigenvalue weighted by molar-refractivity contribution is 0.0524. The Hall–Kier alpha value is -1.14. The lowest BCUT2D eigenvalue weighted by Gasteiger charge is -2.10. The molecule has 21 heavy (non-hydrogen) atoms. The van der Waals surface area contributed by atoms with Crippen molar-refractivity contribution in [3.63, 3.8) is 0 Å². The molecule has 1 heterocycles. The molecule has 0 N–H and O–H groups in total. The number of benzene rings is 1. The summed E-state index contributed by atoms with van der Waals surface area (Å²) in [6.45, 7) is 3.95. The van der Waals surface area contributed by atoms with Crippen LogP contribution in [0.4, 0.5) is 0 Å². The second kappa shape index (κ2) is 7.22. The molecule has 2 aromatic rings. The second-order valence-electron chi connectivity index (χ2n) is 4.61. The van der Waals surface area contributed by atoms with Crippen LogP contribution in [-0.2, 0) is 11.2 Å².